The molecule has 3 aromatic carbocycles. The quantitative estimate of drug-likeness (QED) is 0.557. The molecule has 0 aliphatic heterocycles. The topological polar surface area (TPSA) is 58.2 Å². The molecule has 160 valence electrons. The Morgan fingerprint density at radius 3 is 1.77 bits per heavy atom. The summed E-state index contributed by atoms with van der Waals surface area (Å²) >= 11 is 0. The van der Waals surface area contributed by atoms with Crippen LogP contribution in [0.1, 0.15) is 42.0 Å². The summed E-state index contributed by atoms with van der Waals surface area (Å²) in [4.78, 5) is 26.5. The molecular weight excluding hydrogens is 384 g/mol. The van der Waals surface area contributed by atoms with Crippen molar-refractivity contribution < 1.29 is 9.59 Å². The lowest BCUT2D eigenvalue weighted by molar-refractivity contribution is -0.127. The number of aryl methyl sites for hydroxylation is 2. The lowest BCUT2D eigenvalue weighted by atomic mass is 9.89. The van der Waals surface area contributed by atoms with Crippen molar-refractivity contribution >= 4 is 17.5 Å². The predicted octanol–water partition coefficient (Wildman–Crippen LogP) is 5.21. The normalized spacial score (nSPS) is 11.9. The number of amides is 2. The summed E-state index contributed by atoms with van der Waals surface area (Å²) in [5, 5.41) is 6.00. The van der Waals surface area contributed by atoms with Crippen molar-refractivity contribution in [2.24, 2.45) is 5.92 Å². The fraction of sp³-hybridized carbons (Fsp3) is 0.259. The third-order valence-corrected chi connectivity index (χ3v) is 5.41. The Labute approximate surface area is 184 Å². The lowest BCUT2D eigenvalue weighted by Crippen LogP contribution is -2.48. The van der Waals surface area contributed by atoms with Crippen LogP contribution in [-0.2, 0) is 9.59 Å². The van der Waals surface area contributed by atoms with Crippen LogP contribution >= 0.6 is 0 Å². The van der Waals surface area contributed by atoms with E-state index in [2.05, 4.69) is 10.6 Å². The molecule has 0 fully saturated rings. The van der Waals surface area contributed by atoms with E-state index in [1.165, 1.54) is 0 Å². The van der Waals surface area contributed by atoms with Gasteiger partial charge in [0.25, 0.3) is 0 Å². The Hall–Kier alpha value is -3.40. The van der Waals surface area contributed by atoms with Gasteiger partial charge in [0.05, 0.1) is 5.92 Å². The van der Waals surface area contributed by atoms with Crippen molar-refractivity contribution in [1.29, 1.82) is 0 Å². The smallest absolute Gasteiger partial charge is 0.247 e. The standard InChI is InChI=1S/C27H30N2O2/c1-18(2)25(27(31)28-23-16-15-19(3)17-20(23)4)29-26(30)24(21-11-7-5-8-12-21)22-13-9-6-10-14-22/h5-18,24-25H,1-4H3,(H,28,31)(H,29,30)/t25-/m0/s1. The van der Waals surface area contributed by atoms with E-state index in [4.69, 9.17) is 0 Å². The van der Waals surface area contributed by atoms with Gasteiger partial charge in [-0.25, -0.2) is 0 Å². The molecule has 0 unspecified atom stereocenters. The van der Waals surface area contributed by atoms with E-state index < -0.39 is 12.0 Å². The summed E-state index contributed by atoms with van der Waals surface area (Å²) in [6.45, 7) is 7.86. The van der Waals surface area contributed by atoms with Gasteiger partial charge in [-0.3, -0.25) is 9.59 Å². The average Bonchev–Trinajstić information content (AvgIpc) is 2.75. The third-order valence-electron chi connectivity index (χ3n) is 5.41. The molecule has 0 heterocycles. The Morgan fingerprint density at radius 2 is 1.29 bits per heavy atom. The van der Waals surface area contributed by atoms with Crippen LogP contribution in [0.2, 0.25) is 0 Å². The van der Waals surface area contributed by atoms with Crippen molar-refractivity contribution in [3.8, 4) is 0 Å². The molecule has 0 saturated heterocycles. The highest BCUT2D eigenvalue weighted by molar-refractivity contribution is 5.99. The van der Waals surface area contributed by atoms with Crippen LogP contribution in [0, 0.1) is 19.8 Å². The van der Waals surface area contributed by atoms with Gasteiger partial charge >= 0.3 is 0 Å². The molecule has 0 radical (unpaired) electrons. The first-order chi connectivity index (χ1) is 14.9. The average molecular weight is 415 g/mol. The maximum absolute atomic E-state index is 13.4. The SMILES string of the molecule is Cc1ccc(NC(=O)[C@@H](NC(=O)C(c2ccccc2)c2ccccc2)C(C)C)c(C)c1. The summed E-state index contributed by atoms with van der Waals surface area (Å²) in [6, 6.07) is 24.6. The lowest BCUT2D eigenvalue weighted by Gasteiger charge is -2.25. The predicted molar refractivity (Wildman–Crippen MR) is 126 cm³/mol. The first-order valence-electron chi connectivity index (χ1n) is 10.6. The van der Waals surface area contributed by atoms with E-state index in [1.807, 2.05) is 107 Å². The minimum absolute atomic E-state index is 0.0677. The van der Waals surface area contributed by atoms with Crippen LogP contribution in [0.4, 0.5) is 5.69 Å². The fourth-order valence-corrected chi connectivity index (χ4v) is 3.72. The van der Waals surface area contributed by atoms with Crippen LogP contribution in [-0.4, -0.2) is 17.9 Å². The van der Waals surface area contributed by atoms with Crippen LogP contribution in [0.25, 0.3) is 0 Å². The van der Waals surface area contributed by atoms with Gasteiger partial charge in [0.2, 0.25) is 11.8 Å². The number of rotatable bonds is 7. The van der Waals surface area contributed by atoms with Gasteiger partial charge in [-0.15, -0.1) is 0 Å². The maximum Gasteiger partial charge on any atom is 0.247 e. The number of carbonyl (C=O) groups is 2. The van der Waals surface area contributed by atoms with Crippen molar-refractivity contribution in [3.05, 3.63) is 101 Å². The minimum Gasteiger partial charge on any atom is -0.343 e. The van der Waals surface area contributed by atoms with Crippen molar-refractivity contribution in [2.75, 3.05) is 5.32 Å². The van der Waals surface area contributed by atoms with Gasteiger partial charge in [0, 0.05) is 5.69 Å². The van der Waals surface area contributed by atoms with Crippen molar-refractivity contribution in [2.45, 2.75) is 39.7 Å². The first-order valence-corrected chi connectivity index (χ1v) is 10.6. The molecule has 1 atom stereocenters. The monoisotopic (exact) mass is 414 g/mol. The zero-order valence-electron chi connectivity index (χ0n) is 18.6. The van der Waals surface area contributed by atoms with Crippen LogP contribution in [0.3, 0.4) is 0 Å². The first kappa shape index (κ1) is 22.3. The van der Waals surface area contributed by atoms with Gasteiger partial charge in [-0.2, -0.15) is 0 Å². The van der Waals surface area contributed by atoms with E-state index in [9.17, 15) is 9.59 Å². The van der Waals surface area contributed by atoms with Gasteiger partial charge in [0.15, 0.2) is 0 Å². The van der Waals surface area contributed by atoms with E-state index in [-0.39, 0.29) is 17.7 Å². The number of hydrogen-bond donors (Lipinski definition) is 2. The number of anilines is 1. The van der Waals surface area contributed by atoms with Crippen LogP contribution in [0.5, 0.6) is 0 Å². The number of nitrogens with one attached hydrogen (secondary N) is 2. The molecule has 2 amide bonds. The molecule has 3 rings (SSSR count). The minimum atomic E-state index is -0.650. The molecule has 3 aromatic rings. The molecule has 0 aliphatic carbocycles. The fourth-order valence-electron chi connectivity index (χ4n) is 3.72. The van der Waals surface area contributed by atoms with Gasteiger partial charge in [0.1, 0.15) is 6.04 Å². The zero-order valence-corrected chi connectivity index (χ0v) is 18.6. The van der Waals surface area contributed by atoms with Gasteiger partial charge in [-0.1, -0.05) is 92.2 Å². The Morgan fingerprint density at radius 1 is 0.742 bits per heavy atom. The molecule has 0 saturated carbocycles. The third kappa shape index (κ3) is 5.60. The summed E-state index contributed by atoms with van der Waals surface area (Å²) < 4.78 is 0. The van der Waals surface area contributed by atoms with E-state index in [0.717, 1.165) is 27.9 Å². The van der Waals surface area contributed by atoms with Crippen LogP contribution < -0.4 is 10.6 Å². The molecule has 0 aromatic heterocycles. The molecule has 4 heteroatoms. The maximum atomic E-state index is 13.4. The summed E-state index contributed by atoms with van der Waals surface area (Å²) in [6.07, 6.45) is 0. The molecule has 0 aliphatic rings. The Balaban J connectivity index is 1.84. The van der Waals surface area contributed by atoms with Gasteiger partial charge in [-0.05, 0) is 42.5 Å². The van der Waals surface area contributed by atoms with E-state index >= 15 is 0 Å². The van der Waals surface area contributed by atoms with Crippen molar-refractivity contribution in [1.82, 2.24) is 5.32 Å². The summed E-state index contributed by atoms with van der Waals surface area (Å²) in [5.74, 6) is -0.957. The van der Waals surface area contributed by atoms with Crippen LogP contribution in [0.15, 0.2) is 78.9 Å². The largest absolute Gasteiger partial charge is 0.343 e. The molecule has 2 N–H and O–H groups in total. The second-order valence-electron chi connectivity index (χ2n) is 8.29. The zero-order chi connectivity index (χ0) is 22.4. The second-order valence-corrected chi connectivity index (χ2v) is 8.29. The van der Waals surface area contributed by atoms with Crippen molar-refractivity contribution in [3.63, 3.8) is 0 Å². The molecule has 0 bridgehead atoms. The second kappa shape index (κ2) is 10.1. The Kier molecular flexibility index (Phi) is 7.24. The number of benzene rings is 3. The number of hydrogen-bond acceptors (Lipinski definition) is 2. The highest BCUT2D eigenvalue weighted by Gasteiger charge is 2.29. The molecule has 31 heavy (non-hydrogen) atoms. The number of carbonyl (C=O) groups excluding carboxylic acids is 2. The van der Waals surface area contributed by atoms with E-state index in [1.54, 1.807) is 0 Å². The Bertz CT molecular complexity index is 990. The highest BCUT2D eigenvalue weighted by Crippen LogP contribution is 2.25. The molecule has 0 spiro atoms. The highest BCUT2D eigenvalue weighted by atomic mass is 16.2. The summed E-state index contributed by atoms with van der Waals surface area (Å²) in [5.41, 5.74) is 4.68. The molecule has 4 nitrogen and oxygen atoms in total. The molecular formula is C27H30N2O2. The summed E-state index contributed by atoms with van der Waals surface area (Å²) in [7, 11) is 0. The van der Waals surface area contributed by atoms with Gasteiger partial charge < -0.3 is 10.6 Å². The van der Waals surface area contributed by atoms with E-state index in [0.29, 0.717) is 0 Å².